The van der Waals surface area contributed by atoms with Crippen molar-refractivity contribution in [2.45, 2.75) is 34.1 Å². The third-order valence-electron chi connectivity index (χ3n) is 5.85. The maximum Gasteiger partial charge on any atom is 0.254 e. The van der Waals surface area contributed by atoms with Gasteiger partial charge in [-0.1, -0.05) is 31.5 Å². The molecule has 2 unspecified atom stereocenters. The number of aryl methyl sites for hydroxylation is 2. The van der Waals surface area contributed by atoms with Gasteiger partial charge in [0.25, 0.3) is 5.91 Å². The van der Waals surface area contributed by atoms with E-state index < -0.39 is 0 Å². The number of piperidine rings is 1. The molecular formula is C22H33N3O2. The van der Waals surface area contributed by atoms with E-state index >= 15 is 0 Å². The summed E-state index contributed by atoms with van der Waals surface area (Å²) in [6.45, 7) is 13.6. The fraction of sp³-hybridized carbons (Fsp3) is 0.636. The van der Waals surface area contributed by atoms with Crippen LogP contribution in [-0.2, 0) is 4.79 Å². The van der Waals surface area contributed by atoms with E-state index in [-0.39, 0.29) is 11.8 Å². The molecule has 5 heteroatoms. The predicted octanol–water partition coefficient (Wildman–Crippen LogP) is 2.57. The standard InChI is InChI=1S/C22H33N3O2/c1-16-5-6-20(19(4)12-16)22(27)24-9-7-23(8-10-24)15-21(26)25-13-17(2)11-18(3)14-25/h5-6,12,17-18H,7-11,13-15H2,1-4H3. The molecule has 0 N–H and O–H groups in total. The van der Waals surface area contributed by atoms with Crippen LogP contribution in [0.2, 0.25) is 0 Å². The summed E-state index contributed by atoms with van der Waals surface area (Å²) in [4.78, 5) is 31.6. The molecule has 2 saturated heterocycles. The Hall–Kier alpha value is -1.88. The molecule has 3 rings (SSSR count). The Balaban J connectivity index is 1.51. The quantitative estimate of drug-likeness (QED) is 0.820. The third-order valence-corrected chi connectivity index (χ3v) is 5.85. The molecule has 2 aliphatic rings. The van der Waals surface area contributed by atoms with Gasteiger partial charge in [-0.05, 0) is 43.7 Å². The van der Waals surface area contributed by atoms with Crippen LogP contribution in [-0.4, -0.2) is 72.3 Å². The van der Waals surface area contributed by atoms with Gasteiger partial charge in [0.15, 0.2) is 0 Å². The average molecular weight is 372 g/mol. The van der Waals surface area contributed by atoms with Gasteiger partial charge in [0, 0.05) is 44.8 Å². The Morgan fingerprint density at radius 2 is 1.59 bits per heavy atom. The van der Waals surface area contributed by atoms with E-state index in [2.05, 4.69) is 24.8 Å². The number of hydrogen-bond acceptors (Lipinski definition) is 3. The van der Waals surface area contributed by atoms with Crippen molar-refractivity contribution in [3.8, 4) is 0 Å². The highest BCUT2D eigenvalue weighted by molar-refractivity contribution is 5.95. The third kappa shape index (κ3) is 4.89. The molecule has 0 bridgehead atoms. The molecule has 2 heterocycles. The first kappa shape index (κ1) is 19.9. The summed E-state index contributed by atoms with van der Waals surface area (Å²) in [5.41, 5.74) is 3.00. The zero-order valence-corrected chi connectivity index (χ0v) is 17.2. The molecule has 0 radical (unpaired) electrons. The summed E-state index contributed by atoms with van der Waals surface area (Å²) in [5.74, 6) is 1.52. The summed E-state index contributed by atoms with van der Waals surface area (Å²) in [5, 5.41) is 0. The van der Waals surface area contributed by atoms with Crippen LogP contribution in [0.25, 0.3) is 0 Å². The molecule has 2 amide bonds. The van der Waals surface area contributed by atoms with E-state index in [1.54, 1.807) is 0 Å². The molecule has 0 aliphatic carbocycles. The molecule has 0 saturated carbocycles. The highest BCUT2D eigenvalue weighted by atomic mass is 16.2. The SMILES string of the molecule is Cc1ccc(C(=O)N2CCN(CC(=O)N3CC(C)CC(C)C3)CC2)c(C)c1. The highest BCUT2D eigenvalue weighted by Crippen LogP contribution is 2.21. The Kier molecular flexibility index (Phi) is 6.20. The number of benzene rings is 1. The molecule has 2 atom stereocenters. The maximum atomic E-state index is 12.8. The Morgan fingerprint density at radius 3 is 2.19 bits per heavy atom. The highest BCUT2D eigenvalue weighted by Gasteiger charge is 2.28. The molecule has 2 aliphatic heterocycles. The molecule has 27 heavy (non-hydrogen) atoms. The molecule has 0 spiro atoms. The van der Waals surface area contributed by atoms with Gasteiger partial charge in [-0.3, -0.25) is 14.5 Å². The summed E-state index contributed by atoms with van der Waals surface area (Å²) < 4.78 is 0. The first-order chi connectivity index (χ1) is 12.8. The smallest absolute Gasteiger partial charge is 0.254 e. The van der Waals surface area contributed by atoms with Crippen LogP contribution in [0.3, 0.4) is 0 Å². The molecule has 1 aromatic carbocycles. The van der Waals surface area contributed by atoms with Crippen LogP contribution in [0.1, 0.15) is 41.8 Å². The number of likely N-dealkylation sites (tertiary alicyclic amines) is 1. The van der Waals surface area contributed by atoms with Gasteiger partial charge in [0.05, 0.1) is 6.54 Å². The Labute approximate surface area is 163 Å². The summed E-state index contributed by atoms with van der Waals surface area (Å²) >= 11 is 0. The summed E-state index contributed by atoms with van der Waals surface area (Å²) in [7, 11) is 0. The van der Waals surface area contributed by atoms with Crippen LogP contribution in [0.4, 0.5) is 0 Å². The van der Waals surface area contributed by atoms with Crippen molar-refractivity contribution in [1.29, 1.82) is 0 Å². The van der Waals surface area contributed by atoms with Gasteiger partial charge in [-0.15, -0.1) is 0 Å². The van der Waals surface area contributed by atoms with Crippen LogP contribution in [0.5, 0.6) is 0 Å². The van der Waals surface area contributed by atoms with Crippen molar-refractivity contribution in [2.24, 2.45) is 11.8 Å². The number of amides is 2. The van der Waals surface area contributed by atoms with Gasteiger partial charge in [-0.25, -0.2) is 0 Å². The van der Waals surface area contributed by atoms with Crippen molar-refractivity contribution in [3.05, 3.63) is 34.9 Å². The van der Waals surface area contributed by atoms with E-state index in [9.17, 15) is 9.59 Å². The number of carbonyl (C=O) groups is 2. The van der Waals surface area contributed by atoms with Gasteiger partial charge in [-0.2, -0.15) is 0 Å². The van der Waals surface area contributed by atoms with Gasteiger partial charge < -0.3 is 9.80 Å². The van der Waals surface area contributed by atoms with E-state index in [1.807, 2.05) is 35.8 Å². The second kappa shape index (κ2) is 8.42. The number of piperazine rings is 1. The summed E-state index contributed by atoms with van der Waals surface area (Å²) in [6.07, 6.45) is 1.21. The van der Waals surface area contributed by atoms with Crippen LogP contribution in [0, 0.1) is 25.7 Å². The van der Waals surface area contributed by atoms with Crippen LogP contribution >= 0.6 is 0 Å². The number of rotatable bonds is 3. The fourth-order valence-electron chi connectivity index (χ4n) is 4.49. The van der Waals surface area contributed by atoms with Crippen molar-refractivity contribution in [2.75, 3.05) is 45.8 Å². The second-order valence-electron chi connectivity index (χ2n) is 8.63. The predicted molar refractivity (Wildman–Crippen MR) is 108 cm³/mol. The monoisotopic (exact) mass is 371 g/mol. The van der Waals surface area contributed by atoms with Crippen LogP contribution < -0.4 is 0 Å². The largest absolute Gasteiger partial charge is 0.341 e. The minimum Gasteiger partial charge on any atom is -0.341 e. The van der Waals surface area contributed by atoms with Crippen molar-refractivity contribution >= 4 is 11.8 Å². The Morgan fingerprint density at radius 1 is 0.963 bits per heavy atom. The first-order valence-corrected chi connectivity index (χ1v) is 10.2. The van der Waals surface area contributed by atoms with Crippen molar-refractivity contribution in [3.63, 3.8) is 0 Å². The molecular weight excluding hydrogens is 338 g/mol. The van der Waals surface area contributed by atoms with Crippen molar-refractivity contribution in [1.82, 2.24) is 14.7 Å². The van der Waals surface area contributed by atoms with E-state index in [1.165, 1.54) is 12.0 Å². The molecule has 0 aromatic heterocycles. The lowest BCUT2D eigenvalue weighted by molar-refractivity contribution is -0.135. The topological polar surface area (TPSA) is 43.9 Å². The first-order valence-electron chi connectivity index (χ1n) is 10.2. The fourth-order valence-corrected chi connectivity index (χ4v) is 4.49. The van der Waals surface area contributed by atoms with Crippen LogP contribution in [0.15, 0.2) is 18.2 Å². The van der Waals surface area contributed by atoms with Gasteiger partial charge in [0.2, 0.25) is 5.91 Å². The van der Waals surface area contributed by atoms with E-state index in [4.69, 9.17) is 0 Å². The second-order valence-corrected chi connectivity index (χ2v) is 8.63. The lowest BCUT2D eigenvalue weighted by Crippen LogP contribution is -2.53. The lowest BCUT2D eigenvalue weighted by atomic mass is 9.92. The van der Waals surface area contributed by atoms with E-state index in [0.717, 1.165) is 37.3 Å². The van der Waals surface area contributed by atoms with Gasteiger partial charge >= 0.3 is 0 Å². The number of hydrogen-bond donors (Lipinski definition) is 0. The lowest BCUT2D eigenvalue weighted by Gasteiger charge is -2.38. The minimum atomic E-state index is 0.108. The molecule has 5 nitrogen and oxygen atoms in total. The zero-order valence-electron chi connectivity index (χ0n) is 17.2. The zero-order chi connectivity index (χ0) is 19.6. The Bertz CT molecular complexity index is 685. The molecule has 1 aromatic rings. The molecule has 2 fully saturated rings. The maximum absolute atomic E-state index is 12.8. The van der Waals surface area contributed by atoms with E-state index in [0.29, 0.717) is 31.5 Å². The molecule has 148 valence electrons. The summed E-state index contributed by atoms with van der Waals surface area (Å²) in [6, 6.07) is 5.99. The minimum absolute atomic E-state index is 0.108. The van der Waals surface area contributed by atoms with Gasteiger partial charge in [0.1, 0.15) is 0 Å². The average Bonchev–Trinajstić information content (AvgIpc) is 2.61. The number of nitrogens with zero attached hydrogens (tertiary/aromatic N) is 3. The normalized spacial score (nSPS) is 24.1. The number of carbonyl (C=O) groups excluding carboxylic acids is 2. The van der Waals surface area contributed by atoms with Crippen molar-refractivity contribution < 1.29 is 9.59 Å².